The molecule has 0 aromatic heterocycles. The van der Waals surface area contributed by atoms with Crippen LogP contribution in [-0.2, 0) is 6.54 Å². The van der Waals surface area contributed by atoms with Gasteiger partial charge in [-0.3, -0.25) is 4.79 Å². The van der Waals surface area contributed by atoms with Crippen molar-refractivity contribution >= 4 is 5.91 Å². The molecular weight excluding hydrogens is 254 g/mol. The van der Waals surface area contributed by atoms with Gasteiger partial charge in [-0.05, 0) is 17.7 Å². The molecule has 0 saturated carbocycles. The summed E-state index contributed by atoms with van der Waals surface area (Å²) in [6, 6.07) is 14.9. The summed E-state index contributed by atoms with van der Waals surface area (Å²) in [7, 11) is 3.11. The molecule has 0 atom stereocenters. The van der Waals surface area contributed by atoms with E-state index in [0.717, 1.165) is 5.56 Å². The van der Waals surface area contributed by atoms with Crippen LogP contribution in [0.1, 0.15) is 15.9 Å². The third-order valence-electron chi connectivity index (χ3n) is 2.91. The number of methoxy groups -OCH3 is 2. The molecule has 1 N–H and O–H groups in total. The van der Waals surface area contributed by atoms with Crippen LogP contribution in [0.25, 0.3) is 0 Å². The molecule has 2 rings (SSSR count). The van der Waals surface area contributed by atoms with Gasteiger partial charge in [0.15, 0.2) is 0 Å². The molecule has 0 spiro atoms. The van der Waals surface area contributed by atoms with E-state index in [9.17, 15) is 4.79 Å². The Balaban J connectivity index is 2.08. The minimum Gasteiger partial charge on any atom is -0.497 e. The van der Waals surface area contributed by atoms with Crippen LogP contribution in [0.5, 0.6) is 11.5 Å². The van der Waals surface area contributed by atoms with Crippen molar-refractivity contribution in [3.05, 3.63) is 59.7 Å². The zero-order valence-electron chi connectivity index (χ0n) is 11.6. The molecule has 0 aliphatic rings. The van der Waals surface area contributed by atoms with Gasteiger partial charge < -0.3 is 14.8 Å². The van der Waals surface area contributed by atoms with Crippen LogP contribution in [0.4, 0.5) is 0 Å². The third kappa shape index (κ3) is 3.51. The van der Waals surface area contributed by atoms with E-state index in [1.54, 1.807) is 32.4 Å². The number of hydrogen-bond acceptors (Lipinski definition) is 3. The fourth-order valence-electron chi connectivity index (χ4n) is 1.82. The van der Waals surface area contributed by atoms with Gasteiger partial charge in [0.25, 0.3) is 5.91 Å². The lowest BCUT2D eigenvalue weighted by Crippen LogP contribution is -2.22. The van der Waals surface area contributed by atoms with Crippen molar-refractivity contribution in [1.29, 1.82) is 0 Å². The van der Waals surface area contributed by atoms with Gasteiger partial charge in [0.05, 0.1) is 14.2 Å². The number of carbonyl (C=O) groups excluding carboxylic acids is 1. The Hall–Kier alpha value is -2.49. The van der Waals surface area contributed by atoms with Crippen molar-refractivity contribution in [2.24, 2.45) is 0 Å². The summed E-state index contributed by atoms with van der Waals surface area (Å²) >= 11 is 0. The summed E-state index contributed by atoms with van der Waals surface area (Å²) in [5, 5.41) is 2.87. The highest BCUT2D eigenvalue weighted by Gasteiger charge is 2.09. The van der Waals surface area contributed by atoms with Crippen LogP contribution < -0.4 is 14.8 Å². The first kappa shape index (κ1) is 13.9. The van der Waals surface area contributed by atoms with E-state index in [2.05, 4.69) is 5.32 Å². The summed E-state index contributed by atoms with van der Waals surface area (Å²) in [6.07, 6.45) is 0. The fraction of sp³-hybridized carbons (Fsp3) is 0.188. The molecule has 0 aliphatic heterocycles. The highest BCUT2D eigenvalue weighted by atomic mass is 16.5. The quantitative estimate of drug-likeness (QED) is 0.909. The van der Waals surface area contributed by atoms with Crippen LogP contribution in [0, 0.1) is 0 Å². The van der Waals surface area contributed by atoms with Crippen molar-refractivity contribution in [1.82, 2.24) is 5.32 Å². The maximum absolute atomic E-state index is 12.1. The number of amides is 1. The fourth-order valence-corrected chi connectivity index (χ4v) is 1.82. The number of benzene rings is 2. The smallest absolute Gasteiger partial charge is 0.251 e. The lowest BCUT2D eigenvalue weighted by Gasteiger charge is -2.09. The van der Waals surface area contributed by atoms with E-state index in [0.29, 0.717) is 23.6 Å². The number of hydrogen-bond donors (Lipinski definition) is 1. The molecular formula is C16H17NO3. The van der Waals surface area contributed by atoms with Crippen molar-refractivity contribution < 1.29 is 14.3 Å². The maximum atomic E-state index is 12.1. The first-order valence-corrected chi connectivity index (χ1v) is 6.28. The number of carbonyl (C=O) groups is 1. The maximum Gasteiger partial charge on any atom is 0.251 e. The highest BCUT2D eigenvalue weighted by molar-refractivity contribution is 5.95. The van der Waals surface area contributed by atoms with E-state index < -0.39 is 0 Å². The van der Waals surface area contributed by atoms with Gasteiger partial charge >= 0.3 is 0 Å². The molecule has 0 unspecified atom stereocenters. The number of ether oxygens (including phenoxy) is 2. The van der Waals surface area contributed by atoms with Crippen LogP contribution in [-0.4, -0.2) is 20.1 Å². The molecule has 0 bridgehead atoms. The summed E-state index contributed by atoms with van der Waals surface area (Å²) in [4.78, 5) is 12.1. The Morgan fingerprint density at radius 3 is 2.15 bits per heavy atom. The molecule has 0 saturated heterocycles. The molecule has 2 aromatic rings. The summed E-state index contributed by atoms with van der Waals surface area (Å²) < 4.78 is 10.3. The predicted octanol–water partition coefficient (Wildman–Crippen LogP) is 2.63. The molecule has 0 fully saturated rings. The zero-order chi connectivity index (χ0) is 14.4. The third-order valence-corrected chi connectivity index (χ3v) is 2.91. The van der Waals surface area contributed by atoms with Gasteiger partial charge in [0.2, 0.25) is 0 Å². The van der Waals surface area contributed by atoms with Gasteiger partial charge in [-0.2, -0.15) is 0 Å². The molecule has 0 heterocycles. The van der Waals surface area contributed by atoms with Crippen molar-refractivity contribution in [2.45, 2.75) is 6.54 Å². The average molecular weight is 271 g/mol. The lowest BCUT2D eigenvalue weighted by molar-refractivity contribution is 0.0950. The Kier molecular flexibility index (Phi) is 4.60. The molecule has 0 radical (unpaired) electrons. The standard InChI is InChI=1S/C16H17NO3/c1-19-14-8-13(9-15(10-14)20-2)16(18)17-11-12-6-4-3-5-7-12/h3-10H,11H2,1-2H3,(H,17,18). The predicted molar refractivity (Wildman–Crippen MR) is 77.2 cm³/mol. The van der Waals surface area contributed by atoms with Gasteiger partial charge in [-0.15, -0.1) is 0 Å². The molecule has 1 amide bonds. The molecule has 20 heavy (non-hydrogen) atoms. The minimum atomic E-state index is -0.161. The first-order valence-electron chi connectivity index (χ1n) is 6.28. The van der Waals surface area contributed by atoms with Gasteiger partial charge in [0, 0.05) is 18.2 Å². The topological polar surface area (TPSA) is 47.6 Å². The lowest BCUT2D eigenvalue weighted by atomic mass is 10.1. The summed E-state index contributed by atoms with van der Waals surface area (Å²) in [5.74, 6) is 1.02. The van der Waals surface area contributed by atoms with Gasteiger partial charge in [0.1, 0.15) is 11.5 Å². The highest BCUT2D eigenvalue weighted by Crippen LogP contribution is 2.22. The SMILES string of the molecule is COc1cc(OC)cc(C(=O)NCc2ccccc2)c1. The molecule has 4 nitrogen and oxygen atoms in total. The Bertz CT molecular complexity index is 559. The summed E-state index contributed by atoms with van der Waals surface area (Å²) in [6.45, 7) is 0.485. The van der Waals surface area contributed by atoms with E-state index in [1.807, 2.05) is 30.3 Å². The van der Waals surface area contributed by atoms with Crippen LogP contribution >= 0.6 is 0 Å². The van der Waals surface area contributed by atoms with Crippen molar-refractivity contribution in [3.8, 4) is 11.5 Å². The van der Waals surface area contributed by atoms with Crippen molar-refractivity contribution in [2.75, 3.05) is 14.2 Å². The Labute approximate surface area is 118 Å². The normalized spacial score (nSPS) is 9.90. The van der Waals surface area contributed by atoms with E-state index >= 15 is 0 Å². The zero-order valence-corrected chi connectivity index (χ0v) is 11.6. The van der Waals surface area contributed by atoms with Crippen molar-refractivity contribution in [3.63, 3.8) is 0 Å². The van der Waals surface area contributed by atoms with Crippen LogP contribution in [0.2, 0.25) is 0 Å². The largest absolute Gasteiger partial charge is 0.497 e. The number of nitrogens with one attached hydrogen (secondary N) is 1. The van der Waals surface area contributed by atoms with E-state index in [4.69, 9.17) is 9.47 Å². The molecule has 4 heteroatoms. The Morgan fingerprint density at radius 1 is 1.00 bits per heavy atom. The molecule has 2 aromatic carbocycles. The van der Waals surface area contributed by atoms with E-state index in [-0.39, 0.29) is 5.91 Å². The molecule has 104 valence electrons. The second kappa shape index (κ2) is 6.61. The van der Waals surface area contributed by atoms with Crippen LogP contribution in [0.15, 0.2) is 48.5 Å². The van der Waals surface area contributed by atoms with Crippen LogP contribution in [0.3, 0.4) is 0 Å². The summed E-state index contributed by atoms with van der Waals surface area (Å²) in [5.41, 5.74) is 1.56. The number of rotatable bonds is 5. The second-order valence-electron chi connectivity index (χ2n) is 4.27. The monoisotopic (exact) mass is 271 g/mol. The second-order valence-corrected chi connectivity index (χ2v) is 4.27. The Morgan fingerprint density at radius 2 is 1.60 bits per heavy atom. The molecule has 0 aliphatic carbocycles. The van der Waals surface area contributed by atoms with Gasteiger partial charge in [-0.1, -0.05) is 30.3 Å². The average Bonchev–Trinajstić information content (AvgIpc) is 2.52. The minimum absolute atomic E-state index is 0.161. The van der Waals surface area contributed by atoms with E-state index in [1.165, 1.54) is 0 Å². The first-order chi connectivity index (χ1) is 9.72. The van der Waals surface area contributed by atoms with Gasteiger partial charge in [-0.25, -0.2) is 0 Å².